The Hall–Kier alpha value is -3.63. The van der Waals surface area contributed by atoms with Crippen LogP contribution in [0.1, 0.15) is 49.7 Å². The molecule has 4 N–H and O–H groups in total. The van der Waals surface area contributed by atoms with Crippen molar-refractivity contribution < 1.29 is 23.9 Å². The molecule has 0 radical (unpaired) electrons. The Balaban J connectivity index is 1.45. The third-order valence-corrected chi connectivity index (χ3v) is 8.43. The summed E-state index contributed by atoms with van der Waals surface area (Å²) >= 11 is 0. The van der Waals surface area contributed by atoms with Gasteiger partial charge in [-0.1, -0.05) is 30.3 Å². The second-order valence-corrected chi connectivity index (χ2v) is 11.8. The van der Waals surface area contributed by atoms with Gasteiger partial charge in [-0.3, -0.25) is 14.4 Å². The quantitative estimate of drug-likeness (QED) is 0.341. The molecule has 2 aromatic carbocycles. The van der Waals surface area contributed by atoms with Crippen molar-refractivity contribution in [3.8, 4) is 5.75 Å². The fourth-order valence-electron chi connectivity index (χ4n) is 5.90. The number of benzene rings is 2. The molecule has 0 aromatic heterocycles. The fraction of sp³-hybridized carbons (Fsp3) is 0.559. The van der Waals surface area contributed by atoms with Gasteiger partial charge in [0.2, 0.25) is 11.8 Å². The first-order chi connectivity index (χ1) is 21.5. The summed E-state index contributed by atoms with van der Waals surface area (Å²) < 4.78 is 11.1. The van der Waals surface area contributed by atoms with Gasteiger partial charge < -0.3 is 35.6 Å². The van der Waals surface area contributed by atoms with E-state index in [2.05, 4.69) is 50.4 Å². The molecule has 2 bridgehead atoms. The molecule has 0 saturated carbocycles. The first kappa shape index (κ1) is 33.3. The smallest absolute Gasteiger partial charge is 0.257 e. The number of ether oxygens (including phenoxy) is 2. The molecule has 2 aromatic rings. The van der Waals surface area contributed by atoms with E-state index < -0.39 is 5.41 Å². The van der Waals surface area contributed by atoms with Gasteiger partial charge in [0.05, 0.1) is 5.41 Å². The molecule has 240 valence electrons. The van der Waals surface area contributed by atoms with Crippen LogP contribution < -0.4 is 30.9 Å². The molecular formula is C34H49N5O5. The van der Waals surface area contributed by atoms with E-state index in [0.29, 0.717) is 57.7 Å². The van der Waals surface area contributed by atoms with Crippen LogP contribution in [0.3, 0.4) is 0 Å². The molecule has 3 aliphatic heterocycles. The van der Waals surface area contributed by atoms with Gasteiger partial charge >= 0.3 is 0 Å². The molecule has 44 heavy (non-hydrogen) atoms. The number of carbonyl (C=O) groups is 3. The lowest BCUT2D eigenvalue weighted by atomic mass is 9.77. The summed E-state index contributed by atoms with van der Waals surface area (Å²) in [5, 5.41) is 12.5. The van der Waals surface area contributed by atoms with E-state index >= 15 is 0 Å². The minimum absolute atomic E-state index is 0.0536. The SMILES string of the molecule is COCCC1(C(=O)NCCCN2CCCc3ccccc32)CNC(=O)CCCNCCCNC(=O)COc2ccc(cc2)C1. The van der Waals surface area contributed by atoms with Gasteiger partial charge in [0, 0.05) is 58.5 Å². The topological polar surface area (TPSA) is 121 Å². The van der Waals surface area contributed by atoms with Gasteiger partial charge in [0.15, 0.2) is 6.61 Å². The minimum atomic E-state index is -0.898. The van der Waals surface area contributed by atoms with Crippen LogP contribution in [-0.4, -0.2) is 83.9 Å². The first-order valence-electron chi connectivity index (χ1n) is 16.0. The highest BCUT2D eigenvalue weighted by atomic mass is 16.5. The molecule has 10 nitrogen and oxygen atoms in total. The number of para-hydroxylation sites is 1. The molecule has 3 amide bonds. The maximum absolute atomic E-state index is 14.0. The average Bonchev–Trinajstić information content (AvgIpc) is 3.04. The molecule has 3 heterocycles. The maximum atomic E-state index is 14.0. The summed E-state index contributed by atoms with van der Waals surface area (Å²) in [6.45, 7) is 4.98. The molecule has 0 fully saturated rings. The number of carbonyl (C=O) groups excluding carboxylic acids is 3. The van der Waals surface area contributed by atoms with E-state index in [1.54, 1.807) is 7.11 Å². The number of methoxy groups -OCH3 is 1. The highest BCUT2D eigenvalue weighted by Gasteiger charge is 2.38. The number of fused-ring (bicyclic) bond motifs is 18. The zero-order chi connectivity index (χ0) is 31.0. The van der Waals surface area contributed by atoms with Crippen LogP contribution in [0.4, 0.5) is 5.69 Å². The highest BCUT2D eigenvalue weighted by Crippen LogP contribution is 2.30. The molecular weight excluding hydrogens is 558 g/mol. The summed E-state index contributed by atoms with van der Waals surface area (Å²) in [7, 11) is 1.63. The Bertz CT molecular complexity index is 1210. The Kier molecular flexibility index (Phi) is 13.3. The van der Waals surface area contributed by atoms with Crippen molar-refractivity contribution in [1.82, 2.24) is 21.3 Å². The van der Waals surface area contributed by atoms with E-state index in [0.717, 1.165) is 50.9 Å². The highest BCUT2D eigenvalue weighted by molar-refractivity contribution is 5.84. The second-order valence-electron chi connectivity index (χ2n) is 11.8. The van der Waals surface area contributed by atoms with Crippen LogP contribution in [0.2, 0.25) is 0 Å². The number of hydrogen-bond acceptors (Lipinski definition) is 7. The van der Waals surface area contributed by atoms with Gasteiger partial charge in [-0.15, -0.1) is 0 Å². The van der Waals surface area contributed by atoms with Crippen molar-refractivity contribution in [3.63, 3.8) is 0 Å². The summed E-state index contributed by atoms with van der Waals surface area (Å²) in [4.78, 5) is 41.4. The predicted molar refractivity (Wildman–Crippen MR) is 172 cm³/mol. The molecule has 0 saturated heterocycles. The van der Waals surface area contributed by atoms with Crippen molar-refractivity contribution in [3.05, 3.63) is 59.7 Å². The van der Waals surface area contributed by atoms with Crippen molar-refractivity contribution in [2.75, 3.05) is 71.0 Å². The van der Waals surface area contributed by atoms with E-state index in [1.165, 1.54) is 11.3 Å². The Morgan fingerprint density at radius 3 is 2.64 bits per heavy atom. The molecule has 1 atom stereocenters. The van der Waals surface area contributed by atoms with E-state index in [9.17, 15) is 14.4 Å². The monoisotopic (exact) mass is 607 g/mol. The third-order valence-electron chi connectivity index (χ3n) is 8.43. The van der Waals surface area contributed by atoms with E-state index in [4.69, 9.17) is 9.47 Å². The number of nitrogens with one attached hydrogen (secondary N) is 4. The molecule has 0 aliphatic carbocycles. The Labute approximate surface area is 261 Å². The summed E-state index contributed by atoms with van der Waals surface area (Å²) in [5.74, 6) is 0.254. The number of nitrogens with zero attached hydrogens (tertiary/aromatic N) is 1. The van der Waals surface area contributed by atoms with Crippen LogP contribution >= 0.6 is 0 Å². The van der Waals surface area contributed by atoms with Gasteiger partial charge in [0.1, 0.15) is 5.75 Å². The van der Waals surface area contributed by atoms with Gasteiger partial charge in [-0.2, -0.15) is 0 Å². The standard InChI is InChI=1S/C34H49N5O5/c1-43-23-16-34(33(42)37-20-7-22-39-21-5-9-28-8-2-3-10-30(28)39)24-27-12-14-29(15-13-27)44-25-32(41)36-19-6-18-35-17-4-11-31(40)38-26-34/h2-3,8,10,12-15,35H,4-7,9,11,16-26H2,1H3,(H,36,41)(H,37,42)(H,38,40). The van der Waals surface area contributed by atoms with Crippen LogP contribution in [0.25, 0.3) is 0 Å². The summed E-state index contributed by atoms with van der Waals surface area (Å²) in [6.07, 6.45) is 5.78. The number of rotatable bonds is 8. The number of anilines is 1. The van der Waals surface area contributed by atoms with E-state index in [-0.39, 0.29) is 30.9 Å². The first-order valence-corrected chi connectivity index (χ1v) is 16.0. The molecule has 5 rings (SSSR count). The van der Waals surface area contributed by atoms with Crippen LogP contribution in [0, 0.1) is 5.41 Å². The van der Waals surface area contributed by atoms with Crippen molar-refractivity contribution in [2.24, 2.45) is 5.41 Å². The molecule has 10 heteroatoms. The second kappa shape index (κ2) is 17.6. The third kappa shape index (κ3) is 10.2. The van der Waals surface area contributed by atoms with Gasteiger partial charge in [-0.05, 0) is 87.4 Å². The molecule has 0 spiro atoms. The van der Waals surface area contributed by atoms with Gasteiger partial charge in [-0.25, -0.2) is 0 Å². The van der Waals surface area contributed by atoms with Crippen molar-refractivity contribution in [1.29, 1.82) is 0 Å². The predicted octanol–water partition coefficient (Wildman–Crippen LogP) is 2.60. The fourth-order valence-corrected chi connectivity index (χ4v) is 5.90. The Morgan fingerprint density at radius 2 is 1.80 bits per heavy atom. The van der Waals surface area contributed by atoms with E-state index in [1.807, 2.05) is 24.3 Å². The lowest BCUT2D eigenvalue weighted by Crippen LogP contribution is -2.51. The van der Waals surface area contributed by atoms with Crippen molar-refractivity contribution >= 4 is 23.4 Å². The number of aryl methyl sites for hydroxylation is 1. The minimum Gasteiger partial charge on any atom is -0.484 e. The Morgan fingerprint density at radius 1 is 0.977 bits per heavy atom. The summed E-state index contributed by atoms with van der Waals surface area (Å²) in [5.41, 5.74) is 2.72. The lowest BCUT2D eigenvalue weighted by molar-refractivity contribution is -0.133. The maximum Gasteiger partial charge on any atom is 0.257 e. The number of hydrogen-bond donors (Lipinski definition) is 4. The average molecular weight is 608 g/mol. The number of amides is 3. The van der Waals surface area contributed by atoms with Crippen LogP contribution in [-0.2, 0) is 32.0 Å². The normalized spacial score (nSPS) is 20.5. The largest absolute Gasteiger partial charge is 0.484 e. The summed E-state index contributed by atoms with van der Waals surface area (Å²) in [6, 6.07) is 16.0. The molecule has 3 aliphatic rings. The van der Waals surface area contributed by atoms with Gasteiger partial charge in [0.25, 0.3) is 5.91 Å². The van der Waals surface area contributed by atoms with Crippen LogP contribution in [0.5, 0.6) is 5.75 Å². The molecule has 1 unspecified atom stereocenters. The zero-order valence-electron chi connectivity index (χ0n) is 26.1. The lowest BCUT2D eigenvalue weighted by Gasteiger charge is -2.34. The van der Waals surface area contributed by atoms with Crippen LogP contribution in [0.15, 0.2) is 48.5 Å². The zero-order valence-corrected chi connectivity index (χ0v) is 26.1. The van der Waals surface area contributed by atoms with Crippen molar-refractivity contribution in [2.45, 2.75) is 51.4 Å².